The normalized spacial score (nSPS) is 20.8. The van der Waals surface area contributed by atoms with Crippen molar-refractivity contribution in [1.82, 2.24) is 9.47 Å². The van der Waals surface area contributed by atoms with Crippen LogP contribution in [0.1, 0.15) is 59.9 Å². The number of fused-ring (bicyclic) bond motifs is 1. The zero-order valence-corrected chi connectivity index (χ0v) is 19.2. The van der Waals surface area contributed by atoms with Gasteiger partial charge in [-0.1, -0.05) is 39.0 Å². The molecule has 1 aromatic heterocycles. The van der Waals surface area contributed by atoms with E-state index in [4.69, 9.17) is 4.74 Å². The van der Waals surface area contributed by atoms with Gasteiger partial charge in [-0.2, -0.15) is 5.26 Å². The van der Waals surface area contributed by atoms with Crippen LogP contribution < -0.4 is 0 Å². The number of carbonyl (C=O) groups excluding carboxylic acids is 1. The maximum atomic E-state index is 12.7. The molecule has 1 saturated heterocycles. The van der Waals surface area contributed by atoms with Crippen LogP contribution in [0.3, 0.4) is 0 Å². The van der Waals surface area contributed by atoms with Crippen molar-refractivity contribution in [3.05, 3.63) is 36.0 Å². The van der Waals surface area contributed by atoms with E-state index in [1.807, 2.05) is 45.2 Å². The first-order valence-corrected chi connectivity index (χ1v) is 11.0. The number of carbonyl (C=O) groups is 1. The molecule has 2 unspecified atom stereocenters. The number of para-hydroxylation sites is 1. The van der Waals surface area contributed by atoms with Crippen molar-refractivity contribution in [1.29, 1.82) is 5.26 Å². The van der Waals surface area contributed by atoms with E-state index < -0.39 is 5.60 Å². The lowest BCUT2D eigenvalue weighted by Gasteiger charge is -2.41. The molecule has 0 radical (unpaired) electrons. The number of rotatable bonds is 3. The first-order valence-electron chi connectivity index (χ1n) is 11.0. The van der Waals surface area contributed by atoms with Crippen molar-refractivity contribution in [2.24, 2.45) is 11.3 Å². The second-order valence-electron chi connectivity index (χ2n) is 10.5. The number of nitriles is 1. The standard InChI is InChI=1S/C25H35N3O2/c1-24(2,3)19-12-14-27(20(15-19)16-26)13-11-18-17-28(23(29)30-25(4,5)6)22-10-8-7-9-21(18)22/h7-10,17,19-20H,11-15H2,1-6H3. The number of likely N-dealkylation sites (tertiary alicyclic amines) is 1. The minimum atomic E-state index is -0.542. The fourth-order valence-corrected chi connectivity index (χ4v) is 4.38. The van der Waals surface area contributed by atoms with Gasteiger partial charge in [-0.15, -0.1) is 0 Å². The monoisotopic (exact) mass is 409 g/mol. The average Bonchev–Trinajstić information content (AvgIpc) is 3.03. The second kappa shape index (κ2) is 8.43. The Labute approximate surface area is 180 Å². The number of piperidine rings is 1. The molecule has 1 aliphatic heterocycles. The minimum absolute atomic E-state index is 0.0396. The highest BCUT2D eigenvalue weighted by Gasteiger charge is 2.34. The summed E-state index contributed by atoms with van der Waals surface area (Å²) in [6.45, 7) is 14.2. The van der Waals surface area contributed by atoms with Gasteiger partial charge in [0.05, 0.1) is 17.6 Å². The molecule has 5 nitrogen and oxygen atoms in total. The highest BCUT2D eigenvalue weighted by Crippen LogP contribution is 2.36. The Morgan fingerprint density at radius 2 is 1.90 bits per heavy atom. The first-order chi connectivity index (χ1) is 14.0. The highest BCUT2D eigenvalue weighted by atomic mass is 16.6. The van der Waals surface area contributed by atoms with Crippen LogP contribution in [-0.4, -0.2) is 40.3 Å². The van der Waals surface area contributed by atoms with E-state index in [-0.39, 0.29) is 17.6 Å². The summed E-state index contributed by atoms with van der Waals surface area (Å²) < 4.78 is 7.20. The van der Waals surface area contributed by atoms with Gasteiger partial charge >= 0.3 is 6.09 Å². The van der Waals surface area contributed by atoms with Crippen LogP contribution in [0.5, 0.6) is 0 Å². The molecule has 0 bridgehead atoms. The number of benzene rings is 1. The lowest BCUT2D eigenvalue weighted by atomic mass is 9.73. The van der Waals surface area contributed by atoms with Gasteiger partial charge in [-0.3, -0.25) is 9.47 Å². The van der Waals surface area contributed by atoms with Gasteiger partial charge in [0.15, 0.2) is 0 Å². The van der Waals surface area contributed by atoms with Crippen molar-refractivity contribution in [3.8, 4) is 6.07 Å². The van der Waals surface area contributed by atoms with Crippen LogP contribution in [-0.2, 0) is 11.2 Å². The maximum Gasteiger partial charge on any atom is 0.419 e. The molecule has 0 N–H and O–H groups in total. The number of hydrogen-bond acceptors (Lipinski definition) is 4. The summed E-state index contributed by atoms with van der Waals surface area (Å²) in [5, 5.41) is 10.8. The molecule has 1 fully saturated rings. The van der Waals surface area contributed by atoms with Gasteiger partial charge in [0.25, 0.3) is 0 Å². The van der Waals surface area contributed by atoms with Gasteiger partial charge in [0.2, 0.25) is 0 Å². The van der Waals surface area contributed by atoms with Crippen molar-refractivity contribution < 1.29 is 9.53 Å². The molecular weight excluding hydrogens is 374 g/mol. The van der Waals surface area contributed by atoms with Crippen LogP contribution in [0.4, 0.5) is 4.79 Å². The summed E-state index contributed by atoms with van der Waals surface area (Å²) in [5.41, 5.74) is 1.68. The van der Waals surface area contributed by atoms with Crippen LogP contribution in [0.2, 0.25) is 0 Å². The molecule has 2 aromatic rings. The van der Waals surface area contributed by atoms with Crippen molar-refractivity contribution in [2.75, 3.05) is 13.1 Å². The molecule has 2 heterocycles. The zero-order chi connectivity index (χ0) is 22.1. The van der Waals surface area contributed by atoms with E-state index in [0.29, 0.717) is 5.92 Å². The lowest BCUT2D eigenvalue weighted by molar-refractivity contribution is 0.0544. The fraction of sp³-hybridized carbons (Fsp3) is 0.600. The highest BCUT2D eigenvalue weighted by molar-refractivity contribution is 5.92. The molecular formula is C25H35N3O2. The van der Waals surface area contributed by atoms with Gasteiger partial charge in [-0.25, -0.2) is 4.79 Å². The molecule has 1 aromatic carbocycles. The Bertz CT molecular complexity index is 940. The van der Waals surface area contributed by atoms with E-state index in [1.54, 1.807) is 4.57 Å². The summed E-state index contributed by atoms with van der Waals surface area (Å²) >= 11 is 0. The lowest BCUT2D eigenvalue weighted by Crippen LogP contribution is -2.45. The first kappa shape index (κ1) is 22.4. The van der Waals surface area contributed by atoms with E-state index in [1.165, 1.54) is 0 Å². The zero-order valence-electron chi connectivity index (χ0n) is 19.2. The van der Waals surface area contributed by atoms with Crippen molar-refractivity contribution >= 4 is 17.0 Å². The van der Waals surface area contributed by atoms with Crippen LogP contribution in [0.25, 0.3) is 10.9 Å². The summed E-state index contributed by atoms with van der Waals surface area (Å²) in [4.78, 5) is 15.0. The third-order valence-corrected chi connectivity index (χ3v) is 6.14. The van der Waals surface area contributed by atoms with E-state index >= 15 is 0 Å². The quantitative estimate of drug-likeness (QED) is 0.660. The van der Waals surface area contributed by atoms with Crippen LogP contribution in [0.15, 0.2) is 30.5 Å². The predicted octanol–water partition coefficient (Wildman–Crippen LogP) is 5.62. The van der Waals surface area contributed by atoms with Crippen LogP contribution >= 0.6 is 0 Å². The van der Waals surface area contributed by atoms with E-state index in [2.05, 4.69) is 37.8 Å². The Hall–Kier alpha value is -2.32. The Kier molecular flexibility index (Phi) is 6.29. The van der Waals surface area contributed by atoms with Gasteiger partial charge in [0, 0.05) is 18.1 Å². The smallest absolute Gasteiger partial charge is 0.419 e. The van der Waals surface area contributed by atoms with Gasteiger partial charge in [-0.05, 0) is 69.5 Å². The molecule has 0 amide bonds. The molecule has 0 spiro atoms. The summed E-state index contributed by atoms with van der Waals surface area (Å²) in [6.07, 6.45) is 4.41. The summed E-state index contributed by atoms with van der Waals surface area (Å²) in [6, 6.07) is 10.4. The molecule has 5 heteroatoms. The Morgan fingerprint density at radius 3 is 2.53 bits per heavy atom. The molecule has 162 valence electrons. The molecule has 0 aliphatic carbocycles. The molecule has 30 heavy (non-hydrogen) atoms. The Balaban J connectivity index is 1.77. The van der Waals surface area contributed by atoms with E-state index in [9.17, 15) is 10.1 Å². The van der Waals surface area contributed by atoms with Crippen molar-refractivity contribution in [2.45, 2.75) is 72.4 Å². The third-order valence-electron chi connectivity index (χ3n) is 6.14. The Morgan fingerprint density at radius 1 is 1.20 bits per heavy atom. The molecule has 0 saturated carbocycles. The van der Waals surface area contributed by atoms with Crippen molar-refractivity contribution in [3.63, 3.8) is 0 Å². The maximum absolute atomic E-state index is 12.7. The molecule has 2 atom stereocenters. The van der Waals surface area contributed by atoms with Crippen LogP contribution in [0, 0.1) is 22.7 Å². The predicted molar refractivity (Wildman–Crippen MR) is 120 cm³/mol. The molecule has 1 aliphatic rings. The third kappa shape index (κ3) is 5.05. The van der Waals surface area contributed by atoms with Gasteiger partial charge in [0.1, 0.15) is 5.60 Å². The topological polar surface area (TPSA) is 58.3 Å². The summed E-state index contributed by atoms with van der Waals surface area (Å²) in [5.74, 6) is 0.576. The number of aromatic nitrogens is 1. The number of ether oxygens (including phenoxy) is 1. The fourth-order valence-electron chi connectivity index (χ4n) is 4.38. The number of hydrogen-bond donors (Lipinski definition) is 0. The molecule has 3 rings (SSSR count). The van der Waals surface area contributed by atoms with E-state index in [0.717, 1.165) is 48.8 Å². The van der Waals surface area contributed by atoms with Gasteiger partial charge < -0.3 is 4.74 Å². The largest absolute Gasteiger partial charge is 0.443 e. The summed E-state index contributed by atoms with van der Waals surface area (Å²) in [7, 11) is 0. The average molecular weight is 410 g/mol. The second-order valence-corrected chi connectivity index (χ2v) is 10.5. The SMILES string of the molecule is CC(C)(C)OC(=O)n1cc(CCN2CCC(C(C)(C)C)CC2C#N)c2ccccc21. The minimum Gasteiger partial charge on any atom is -0.443 e. The number of nitrogens with zero attached hydrogens (tertiary/aromatic N) is 3.